The third kappa shape index (κ3) is 4.99. The van der Waals surface area contributed by atoms with E-state index in [0.717, 1.165) is 32.8 Å². The molecule has 2 rings (SSSR count). The van der Waals surface area contributed by atoms with Gasteiger partial charge in [0.1, 0.15) is 0 Å². The lowest BCUT2D eigenvalue weighted by Crippen LogP contribution is -2.49. The highest BCUT2D eigenvalue weighted by Crippen LogP contribution is 2.28. The van der Waals surface area contributed by atoms with Crippen molar-refractivity contribution in [1.29, 1.82) is 0 Å². The SMILES string of the molecule is CCNCC1(CN(C)CCN2CCCC2)CCCOC1. The fourth-order valence-corrected chi connectivity index (χ4v) is 3.59. The van der Waals surface area contributed by atoms with Crippen molar-refractivity contribution in [3.8, 4) is 0 Å². The normalized spacial score (nSPS) is 28.4. The molecular formula is C16H33N3O. The van der Waals surface area contributed by atoms with Gasteiger partial charge < -0.3 is 19.9 Å². The number of likely N-dealkylation sites (tertiary alicyclic amines) is 1. The Morgan fingerprint density at radius 1 is 1.25 bits per heavy atom. The molecule has 2 heterocycles. The quantitative estimate of drug-likeness (QED) is 0.729. The topological polar surface area (TPSA) is 27.7 Å². The summed E-state index contributed by atoms with van der Waals surface area (Å²) in [6, 6.07) is 0. The second-order valence-electron chi connectivity index (χ2n) is 6.72. The predicted molar refractivity (Wildman–Crippen MR) is 84.2 cm³/mol. The van der Waals surface area contributed by atoms with Crippen LogP contribution in [-0.2, 0) is 4.74 Å². The molecule has 1 N–H and O–H groups in total. The van der Waals surface area contributed by atoms with E-state index in [4.69, 9.17) is 4.74 Å². The first kappa shape index (κ1) is 16.2. The first-order valence-corrected chi connectivity index (χ1v) is 8.43. The van der Waals surface area contributed by atoms with Crippen molar-refractivity contribution in [2.45, 2.75) is 32.6 Å². The fraction of sp³-hybridized carbons (Fsp3) is 1.00. The number of hydrogen-bond donors (Lipinski definition) is 1. The van der Waals surface area contributed by atoms with Crippen molar-refractivity contribution in [3.63, 3.8) is 0 Å². The van der Waals surface area contributed by atoms with Crippen LogP contribution in [0.5, 0.6) is 0 Å². The first-order chi connectivity index (χ1) is 9.74. The molecule has 1 atom stereocenters. The van der Waals surface area contributed by atoms with Gasteiger partial charge in [-0.1, -0.05) is 6.92 Å². The Labute approximate surface area is 124 Å². The van der Waals surface area contributed by atoms with Crippen molar-refractivity contribution in [2.75, 3.05) is 66.1 Å². The minimum Gasteiger partial charge on any atom is -0.381 e. The largest absolute Gasteiger partial charge is 0.381 e. The van der Waals surface area contributed by atoms with E-state index in [9.17, 15) is 0 Å². The molecule has 0 amide bonds. The number of ether oxygens (including phenoxy) is 1. The maximum Gasteiger partial charge on any atom is 0.0546 e. The van der Waals surface area contributed by atoms with Gasteiger partial charge in [0.15, 0.2) is 0 Å². The molecule has 0 bridgehead atoms. The summed E-state index contributed by atoms with van der Waals surface area (Å²) in [6.07, 6.45) is 5.29. The smallest absolute Gasteiger partial charge is 0.0546 e. The average molecular weight is 283 g/mol. The summed E-state index contributed by atoms with van der Waals surface area (Å²) in [5, 5.41) is 3.54. The zero-order valence-electron chi connectivity index (χ0n) is 13.5. The van der Waals surface area contributed by atoms with Crippen LogP contribution >= 0.6 is 0 Å². The maximum atomic E-state index is 5.78. The fourth-order valence-electron chi connectivity index (χ4n) is 3.59. The van der Waals surface area contributed by atoms with Gasteiger partial charge in [-0.25, -0.2) is 0 Å². The van der Waals surface area contributed by atoms with Gasteiger partial charge >= 0.3 is 0 Å². The van der Waals surface area contributed by atoms with Crippen LogP contribution in [0.4, 0.5) is 0 Å². The van der Waals surface area contributed by atoms with Gasteiger partial charge in [0.25, 0.3) is 0 Å². The van der Waals surface area contributed by atoms with Gasteiger partial charge in [-0.2, -0.15) is 0 Å². The second kappa shape index (κ2) is 8.32. The van der Waals surface area contributed by atoms with E-state index in [0.29, 0.717) is 5.41 Å². The first-order valence-electron chi connectivity index (χ1n) is 8.43. The molecule has 0 aromatic rings. The van der Waals surface area contributed by atoms with E-state index in [1.807, 2.05) is 0 Å². The lowest BCUT2D eigenvalue weighted by molar-refractivity contribution is -0.0230. The molecule has 1 unspecified atom stereocenters. The van der Waals surface area contributed by atoms with Crippen LogP contribution in [0.15, 0.2) is 0 Å². The molecule has 0 spiro atoms. The van der Waals surface area contributed by atoms with Crippen LogP contribution in [0.1, 0.15) is 32.6 Å². The highest BCUT2D eigenvalue weighted by molar-refractivity contribution is 4.87. The summed E-state index contributed by atoms with van der Waals surface area (Å²) in [5.74, 6) is 0. The monoisotopic (exact) mass is 283 g/mol. The van der Waals surface area contributed by atoms with Crippen molar-refractivity contribution >= 4 is 0 Å². The second-order valence-corrected chi connectivity index (χ2v) is 6.72. The zero-order valence-corrected chi connectivity index (χ0v) is 13.5. The Morgan fingerprint density at radius 2 is 2.05 bits per heavy atom. The van der Waals surface area contributed by atoms with Gasteiger partial charge in [0.2, 0.25) is 0 Å². The zero-order chi connectivity index (χ0) is 14.3. The van der Waals surface area contributed by atoms with E-state index >= 15 is 0 Å². The van der Waals surface area contributed by atoms with Crippen LogP contribution in [0.2, 0.25) is 0 Å². The lowest BCUT2D eigenvalue weighted by Gasteiger charge is -2.40. The van der Waals surface area contributed by atoms with Crippen molar-refractivity contribution in [3.05, 3.63) is 0 Å². The molecular weight excluding hydrogens is 250 g/mol. The minimum absolute atomic E-state index is 0.327. The third-order valence-corrected chi connectivity index (χ3v) is 4.76. The van der Waals surface area contributed by atoms with Crippen LogP contribution in [0.25, 0.3) is 0 Å². The summed E-state index contributed by atoms with van der Waals surface area (Å²) in [6.45, 7) is 12.4. The molecule has 0 aliphatic carbocycles. The highest BCUT2D eigenvalue weighted by Gasteiger charge is 2.33. The Balaban J connectivity index is 1.76. The molecule has 2 fully saturated rings. The minimum atomic E-state index is 0.327. The molecule has 4 heteroatoms. The summed E-state index contributed by atoms with van der Waals surface area (Å²) in [5.41, 5.74) is 0.327. The molecule has 0 radical (unpaired) electrons. The van der Waals surface area contributed by atoms with Crippen LogP contribution < -0.4 is 5.32 Å². The Morgan fingerprint density at radius 3 is 2.70 bits per heavy atom. The molecule has 0 aromatic carbocycles. The number of nitrogens with one attached hydrogen (secondary N) is 1. The van der Waals surface area contributed by atoms with Gasteiger partial charge in [0.05, 0.1) is 6.61 Å². The van der Waals surface area contributed by atoms with Crippen molar-refractivity contribution in [1.82, 2.24) is 15.1 Å². The van der Waals surface area contributed by atoms with Crippen molar-refractivity contribution < 1.29 is 4.74 Å². The number of likely N-dealkylation sites (N-methyl/N-ethyl adjacent to an activating group) is 1. The molecule has 118 valence electrons. The Kier molecular flexibility index (Phi) is 6.75. The number of nitrogens with zero attached hydrogens (tertiary/aromatic N) is 2. The molecule has 0 aromatic heterocycles. The predicted octanol–water partition coefficient (Wildman–Crippen LogP) is 1.42. The maximum absolute atomic E-state index is 5.78. The van der Waals surface area contributed by atoms with Gasteiger partial charge in [-0.05, 0) is 52.4 Å². The van der Waals surface area contributed by atoms with E-state index in [2.05, 4.69) is 29.1 Å². The molecule has 2 saturated heterocycles. The third-order valence-electron chi connectivity index (χ3n) is 4.76. The lowest BCUT2D eigenvalue weighted by atomic mass is 9.81. The van der Waals surface area contributed by atoms with Gasteiger partial charge in [0, 0.05) is 38.2 Å². The van der Waals surface area contributed by atoms with Crippen molar-refractivity contribution in [2.24, 2.45) is 5.41 Å². The van der Waals surface area contributed by atoms with Crippen LogP contribution in [0.3, 0.4) is 0 Å². The van der Waals surface area contributed by atoms with E-state index < -0.39 is 0 Å². The van der Waals surface area contributed by atoms with Crippen LogP contribution in [0, 0.1) is 5.41 Å². The Hall–Kier alpha value is -0.160. The van der Waals surface area contributed by atoms with E-state index in [-0.39, 0.29) is 0 Å². The van der Waals surface area contributed by atoms with Gasteiger partial charge in [-0.3, -0.25) is 0 Å². The van der Waals surface area contributed by atoms with Crippen LogP contribution in [-0.4, -0.2) is 75.9 Å². The summed E-state index contributed by atoms with van der Waals surface area (Å²) < 4.78 is 5.78. The summed E-state index contributed by atoms with van der Waals surface area (Å²) >= 11 is 0. The molecule has 0 saturated carbocycles. The Bertz CT molecular complexity index is 260. The summed E-state index contributed by atoms with van der Waals surface area (Å²) in [7, 11) is 2.28. The van der Waals surface area contributed by atoms with E-state index in [1.54, 1.807) is 0 Å². The van der Waals surface area contributed by atoms with E-state index in [1.165, 1.54) is 51.9 Å². The number of rotatable bonds is 8. The highest BCUT2D eigenvalue weighted by atomic mass is 16.5. The molecule has 20 heavy (non-hydrogen) atoms. The molecule has 4 nitrogen and oxygen atoms in total. The van der Waals surface area contributed by atoms with Gasteiger partial charge in [-0.15, -0.1) is 0 Å². The molecule has 2 aliphatic heterocycles. The average Bonchev–Trinajstić information content (AvgIpc) is 2.97. The standard InChI is InChI=1S/C16H33N3O/c1-3-17-13-16(7-6-12-20-15-16)14-18(2)10-11-19-8-4-5-9-19/h17H,3-15H2,1-2H3. The molecule has 2 aliphatic rings. The number of hydrogen-bond acceptors (Lipinski definition) is 4. The summed E-state index contributed by atoms with van der Waals surface area (Å²) in [4.78, 5) is 5.12.